The van der Waals surface area contributed by atoms with Gasteiger partial charge in [0.15, 0.2) is 0 Å². The van der Waals surface area contributed by atoms with Gasteiger partial charge in [-0.1, -0.05) is 54.6 Å². The van der Waals surface area contributed by atoms with Crippen molar-refractivity contribution in [1.29, 1.82) is 0 Å². The minimum absolute atomic E-state index is 0.0829. The molecule has 2 aliphatic heterocycles. The highest BCUT2D eigenvalue weighted by Gasteiger charge is 2.53. The second-order valence-corrected chi connectivity index (χ2v) is 8.73. The monoisotopic (exact) mass is 451 g/mol. The lowest BCUT2D eigenvalue weighted by Gasteiger charge is -2.36. The van der Waals surface area contributed by atoms with Crippen LogP contribution in [0.4, 0.5) is 10.5 Å². The van der Waals surface area contributed by atoms with E-state index in [9.17, 15) is 19.5 Å². The first-order valence-corrected chi connectivity index (χ1v) is 11.1. The average molecular weight is 451 g/mol. The number of nitrogens with one attached hydrogen (secondary N) is 1. The number of nitrogens with zero attached hydrogens (tertiary/aromatic N) is 2. The highest BCUT2D eigenvalue weighted by atomic mass is 16.4. The van der Waals surface area contributed by atoms with Crippen LogP contribution in [0.3, 0.4) is 0 Å². The van der Waals surface area contributed by atoms with Gasteiger partial charge in [-0.05, 0) is 41.8 Å². The highest BCUT2D eigenvalue weighted by Crippen LogP contribution is 2.45. The van der Waals surface area contributed by atoms with Gasteiger partial charge in [0.1, 0.15) is 12.1 Å². The predicted molar refractivity (Wildman–Crippen MR) is 127 cm³/mol. The molecule has 6 rings (SSSR count). The number of carboxylic acid groups (broad SMARTS) is 1. The number of urea groups is 1. The standard InChI is InChI=1S/C27H21N3O4/c1-15-8-2-3-9-16(15)24-23-19(17-10-4-6-12-20(17)28-23)14-22-25(31)30(27(34)29(22)24)21-13-7-5-11-18(21)26(32)33/h2-13,22,24,28H,14H2,1H3,(H,32,33)/t22-,24+/m0/s1. The molecule has 0 radical (unpaired) electrons. The van der Waals surface area contributed by atoms with Crippen LogP contribution >= 0.6 is 0 Å². The molecule has 7 nitrogen and oxygen atoms in total. The number of benzene rings is 3. The average Bonchev–Trinajstić information content (AvgIpc) is 3.33. The number of fused-ring (bicyclic) bond motifs is 4. The first kappa shape index (κ1) is 20.2. The number of H-pyrrole nitrogens is 1. The topological polar surface area (TPSA) is 93.7 Å². The third-order valence-electron chi connectivity index (χ3n) is 6.91. The molecular formula is C27H21N3O4. The quantitative estimate of drug-likeness (QED) is 0.443. The Kier molecular flexibility index (Phi) is 4.35. The summed E-state index contributed by atoms with van der Waals surface area (Å²) in [5, 5.41) is 10.7. The Morgan fingerprint density at radius 2 is 1.68 bits per heavy atom. The number of rotatable bonds is 3. The number of aryl methyl sites for hydroxylation is 1. The molecule has 3 amide bonds. The van der Waals surface area contributed by atoms with Crippen LogP contribution in [0.1, 0.15) is 38.8 Å². The predicted octanol–water partition coefficient (Wildman–Crippen LogP) is 4.66. The van der Waals surface area contributed by atoms with E-state index < -0.39 is 30.0 Å². The third kappa shape index (κ3) is 2.73. The normalized spacial score (nSPS) is 19.4. The van der Waals surface area contributed by atoms with Crippen LogP contribution in [-0.4, -0.2) is 38.9 Å². The van der Waals surface area contributed by atoms with Crippen LogP contribution in [0.2, 0.25) is 0 Å². The molecule has 3 aromatic carbocycles. The largest absolute Gasteiger partial charge is 0.478 e. The number of carbonyl (C=O) groups excluding carboxylic acids is 2. The molecule has 7 heteroatoms. The number of carboxylic acids is 1. The van der Waals surface area contributed by atoms with E-state index in [-0.39, 0.29) is 11.3 Å². The summed E-state index contributed by atoms with van der Waals surface area (Å²) in [6.07, 6.45) is 0.359. The number of amides is 3. The molecular weight excluding hydrogens is 430 g/mol. The van der Waals surface area contributed by atoms with E-state index in [1.54, 1.807) is 17.0 Å². The first-order valence-electron chi connectivity index (χ1n) is 11.1. The fraction of sp³-hybridized carbons (Fsp3) is 0.148. The number of aromatic amines is 1. The molecule has 2 N–H and O–H groups in total. The summed E-state index contributed by atoms with van der Waals surface area (Å²) < 4.78 is 0. The molecule has 1 aromatic heterocycles. The smallest absolute Gasteiger partial charge is 0.337 e. The molecule has 0 aliphatic carbocycles. The van der Waals surface area contributed by atoms with Crippen LogP contribution in [0, 0.1) is 6.92 Å². The Hall–Kier alpha value is -4.39. The Balaban J connectivity index is 1.57. The number of aromatic carboxylic acids is 1. The number of para-hydroxylation sites is 2. The number of hydrogen-bond donors (Lipinski definition) is 2. The summed E-state index contributed by atoms with van der Waals surface area (Å²) in [7, 11) is 0. The summed E-state index contributed by atoms with van der Waals surface area (Å²) in [5.41, 5.74) is 4.80. The van der Waals surface area contributed by atoms with E-state index in [4.69, 9.17) is 0 Å². The van der Waals surface area contributed by atoms with Crippen LogP contribution in [0.25, 0.3) is 10.9 Å². The molecule has 1 fully saturated rings. The van der Waals surface area contributed by atoms with E-state index in [2.05, 4.69) is 4.98 Å². The van der Waals surface area contributed by atoms with Crippen molar-refractivity contribution in [2.45, 2.75) is 25.4 Å². The summed E-state index contributed by atoms with van der Waals surface area (Å²) in [6.45, 7) is 1.99. The van der Waals surface area contributed by atoms with E-state index in [0.717, 1.165) is 38.2 Å². The molecule has 2 aliphatic rings. The fourth-order valence-corrected chi connectivity index (χ4v) is 5.36. The Morgan fingerprint density at radius 3 is 2.47 bits per heavy atom. The molecule has 3 heterocycles. The van der Waals surface area contributed by atoms with Crippen molar-refractivity contribution in [3.05, 3.63) is 101 Å². The molecule has 2 atom stereocenters. The van der Waals surface area contributed by atoms with E-state index in [1.165, 1.54) is 12.1 Å². The van der Waals surface area contributed by atoms with E-state index in [0.29, 0.717) is 6.42 Å². The van der Waals surface area contributed by atoms with Gasteiger partial charge in [-0.15, -0.1) is 0 Å². The number of anilines is 1. The number of aromatic nitrogens is 1. The van der Waals surface area contributed by atoms with Crippen LogP contribution in [0.15, 0.2) is 72.8 Å². The van der Waals surface area contributed by atoms with Gasteiger partial charge in [-0.2, -0.15) is 0 Å². The second-order valence-electron chi connectivity index (χ2n) is 8.73. The minimum Gasteiger partial charge on any atom is -0.478 e. The number of carbonyl (C=O) groups is 3. The summed E-state index contributed by atoms with van der Waals surface area (Å²) in [6, 6.07) is 20.1. The molecule has 168 valence electrons. The van der Waals surface area contributed by atoms with Crippen LogP contribution in [-0.2, 0) is 11.2 Å². The SMILES string of the molecule is Cc1ccccc1[C@@H]1c2[nH]c3ccccc3c2C[C@H]2C(=O)N(c3ccccc3C(=O)O)C(=O)N12. The maximum absolute atomic E-state index is 13.9. The van der Waals surface area contributed by atoms with Gasteiger partial charge in [0.05, 0.1) is 11.3 Å². The first-order chi connectivity index (χ1) is 16.5. The summed E-state index contributed by atoms with van der Waals surface area (Å²) >= 11 is 0. The number of hydrogen-bond acceptors (Lipinski definition) is 3. The van der Waals surface area contributed by atoms with Crippen molar-refractivity contribution in [3.63, 3.8) is 0 Å². The zero-order valence-corrected chi connectivity index (χ0v) is 18.4. The van der Waals surface area contributed by atoms with Crippen molar-refractivity contribution in [2.24, 2.45) is 0 Å². The Bertz CT molecular complexity index is 1500. The van der Waals surface area contributed by atoms with Gasteiger partial charge < -0.3 is 10.1 Å². The zero-order valence-electron chi connectivity index (χ0n) is 18.4. The third-order valence-corrected chi connectivity index (χ3v) is 6.91. The molecule has 0 spiro atoms. The highest BCUT2D eigenvalue weighted by molar-refractivity contribution is 6.23. The lowest BCUT2D eigenvalue weighted by Crippen LogP contribution is -2.44. The molecule has 34 heavy (non-hydrogen) atoms. The van der Waals surface area contributed by atoms with Crippen molar-refractivity contribution < 1.29 is 19.5 Å². The molecule has 0 bridgehead atoms. The van der Waals surface area contributed by atoms with Gasteiger partial charge >= 0.3 is 12.0 Å². The minimum atomic E-state index is -1.19. The fourth-order valence-electron chi connectivity index (χ4n) is 5.36. The van der Waals surface area contributed by atoms with E-state index >= 15 is 0 Å². The Labute approximate surface area is 195 Å². The molecule has 1 saturated heterocycles. The molecule has 0 unspecified atom stereocenters. The van der Waals surface area contributed by atoms with Gasteiger partial charge in [0.25, 0.3) is 5.91 Å². The van der Waals surface area contributed by atoms with Gasteiger partial charge in [-0.25, -0.2) is 14.5 Å². The van der Waals surface area contributed by atoms with Crippen molar-refractivity contribution in [1.82, 2.24) is 9.88 Å². The second kappa shape index (κ2) is 7.31. The summed E-state index contributed by atoms with van der Waals surface area (Å²) in [5.74, 6) is -1.60. The lowest BCUT2D eigenvalue weighted by atomic mass is 9.87. The van der Waals surface area contributed by atoms with Crippen molar-refractivity contribution in [2.75, 3.05) is 4.90 Å². The zero-order chi connectivity index (χ0) is 23.6. The number of imide groups is 1. The van der Waals surface area contributed by atoms with E-state index in [1.807, 2.05) is 55.5 Å². The van der Waals surface area contributed by atoms with Crippen molar-refractivity contribution in [3.8, 4) is 0 Å². The maximum atomic E-state index is 13.9. The molecule has 0 saturated carbocycles. The van der Waals surface area contributed by atoms with Gasteiger partial charge in [-0.3, -0.25) is 9.69 Å². The van der Waals surface area contributed by atoms with Crippen LogP contribution in [0.5, 0.6) is 0 Å². The Morgan fingerprint density at radius 1 is 0.971 bits per heavy atom. The summed E-state index contributed by atoms with van der Waals surface area (Å²) in [4.78, 5) is 45.6. The van der Waals surface area contributed by atoms with Crippen molar-refractivity contribution >= 4 is 34.5 Å². The maximum Gasteiger partial charge on any atom is 0.337 e. The van der Waals surface area contributed by atoms with Gasteiger partial charge in [0, 0.05) is 23.0 Å². The molecule has 4 aromatic rings. The van der Waals surface area contributed by atoms with Crippen LogP contribution < -0.4 is 4.90 Å². The van der Waals surface area contributed by atoms with Gasteiger partial charge in [0.2, 0.25) is 0 Å². The lowest BCUT2D eigenvalue weighted by molar-refractivity contribution is -0.120.